The number of fused-ring (bicyclic) bond motifs is 3. The van der Waals surface area contributed by atoms with Gasteiger partial charge in [-0.15, -0.1) is 0 Å². The summed E-state index contributed by atoms with van der Waals surface area (Å²) in [7, 11) is 1.85. The van der Waals surface area contributed by atoms with E-state index in [1.54, 1.807) is 4.57 Å². The number of nitrogens with zero attached hydrogens (tertiary/aromatic N) is 4. The van der Waals surface area contributed by atoms with Crippen molar-refractivity contribution in [1.82, 2.24) is 19.5 Å². The fraction of sp³-hybridized carbons (Fsp3) is 0.182. The van der Waals surface area contributed by atoms with Crippen molar-refractivity contribution in [3.63, 3.8) is 0 Å². The maximum Gasteiger partial charge on any atom is 0.221 e. The van der Waals surface area contributed by atoms with Gasteiger partial charge in [0.25, 0.3) is 0 Å². The predicted molar refractivity (Wildman–Crippen MR) is 66.5 cm³/mol. The van der Waals surface area contributed by atoms with Gasteiger partial charge in [-0.1, -0.05) is 6.07 Å². The van der Waals surface area contributed by atoms with Crippen LogP contribution in [0.2, 0.25) is 0 Å². The molecule has 0 spiro atoms. The van der Waals surface area contributed by atoms with Crippen LogP contribution in [0.4, 0.5) is 11.9 Å². The van der Waals surface area contributed by atoms with Gasteiger partial charge in [-0.05, 0) is 18.6 Å². The van der Waals surface area contributed by atoms with E-state index in [4.69, 9.17) is 11.5 Å². The van der Waals surface area contributed by atoms with Gasteiger partial charge in [0.15, 0.2) is 0 Å². The van der Waals surface area contributed by atoms with E-state index in [2.05, 4.69) is 15.0 Å². The molecule has 17 heavy (non-hydrogen) atoms. The van der Waals surface area contributed by atoms with Crippen LogP contribution in [0.1, 0.15) is 5.56 Å². The Balaban J connectivity index is 2.58. The maximum absolute atomic E-state index is 5.80. The molecule has 0 aromatic carbocycles. The summed E-state index contributed by atoms with van der Waals surface area (Å²) in [5, 5.41) is 0. The highest BCUT2D eigenvalue weighted by atomic mass is 15.1. The van der Waals surface area contributed by atoms with E-state index in [1.165, 1.54) is 0 Å². The summed E-state index contributed by atoms with van der Waals surface area (Å²) in [6, 6.07) is 3.87. The Morgan fingerprint density at radius 3 is 2.53 bits per heavy atom. The molecular weight excluding hydrogens is 216 g/mol. The lowest BCUT2D eigenvalue weighted by Gasteiger charge is -1.98. The number of aromatic nitrogens is 4. The summed E-state index contributed by atoms with van der Waals surface area (Å²) in [6.45, 7) is 1.97. The molecule has 0 amide bonds. The van der Waals surface area contributed by atoms with Crippen molar-refractivity contribution >= 4 is 22.9 Å². The van der Waals surface area contributed by atoms with Crippen LogP contribution in [0.15, 0.2) is 12.1 Å². The lowest BCUT2D eigenvalue weighted by molar-refractivity contribution is 0.964. The second-order valence-corrected chi connectivity index (χ2v) is 4.06. The molecule has 0 saturated heterocycles. The number of aryl methyl sites for hydroxylation is 2. The first kappa shape index (κ1) is 9.83. The molecule has 4 N–H and O–H groups in total. The summed E-state index contributed by atoms with van der Waals surface area (Å²) in [4.78, 5) is 12.8. The molecular formula is C11H12N6. The normalized spacial score (nSPS) is 11.4. The van der Waals surface area contributed by atoms with Gasteiger partial charge in [0.1, 0.15) is 5.69 Å². The van der Waals surface area contributed by atoms with Crippen molar-refractivity contribution < 1.29 is 0 Å². The molecule has 0 saturated carbocycles. The molecule has 3 rings (SSSR count). The molecule has 1 aromatic rings. The Labute approximate surface area is 97.6 Å². The number of hydrogen-bond acceptors (Lipinski definition) is 5. The minimum atomic E-state index is 0.273. The van der Waals surface area contributed by atoms with Gasteiger partial charge in [-0.2, -0.15) is 0 Å². The Hall–Kier alpha value is -2.37. The summed E-state index contributed by atoms with van der Waals surface area (Å²) >= 11 is 0. The van der Waals surface area contributed by atoms with Crippen molar-refractivity contribution in [3.8, 4) is 11.4 Å². The fourth-order valence-corrected chi connectivity index (χ4v) is 2.02. The zero-order valence-corrected chi connectivity index (χ0v) is 9.60. The predicted octanol–water partition coefficient (Wildman–Crippen LogP) is 0.941. The van der Waals surface area contributed by atoms with E-state index in [9.17, 15) is 0 Å². The van der Waals surface area contributed by atoms with Crippen LogP contribution in [0, 0.1) is 6.92 Å². The van der Waals surface area contributed by atoms with Crippen molar-refractivity contribution in [2.24, 2.45) is 7.05 Å². The molecule has 2 aliphatic rings. The van der Waals surface area contributed by atoms with Crippen LogP contribution < -0.4 is 11.5 Å². The first-order valence-corrected chi connectivity index (χ1v) is 5.22. The van der Waals surface area contributed by atoms with Crippen molar-refractivity contribution in [1.29, 1.82) is 0 Å². The second kappa shape index (κ2) is 3.07. The third-order valence-electron chi connectivity index (χ3n) is 2.92. The number of imidazole rings is 2. The molecule has 6 nitrogen and oxygen atoms in total. The zero-order valence-electron chi connectivity index (χ0n) is 9.60. The highest BCUT2D eigenvalue weighted by Crippen LogP contribution is 2.30. The van der Waals surface area contributed by atoms with Gasteiger partial charge in [0.2, 0.25) is 11.9 Å². The van der Waals surface area contributed by atoms with Gasteiger partial charge in [-0.25, -0.2) is 15.0 Å². The average Bonchev–Trinajstić information content (AvgIpc) is 2.74. The number of anilines is 2. The molecule has 0 unspecified atom stereocenters. The van der Waals surface area contributed by atoms with E-state index in [1.807, 2.05) is 26.1 Å². The topological polar surface area (TPSA) is 95.6 Å². The average molecular weight is 228 g/mol. The highest BCUT2D eigenvalue weighted by molar-refractivity contribution is 5.92. The lowest BCUT2D eigenvalue weighted by Crippen LogP contribution is -1.97. The van der Waals surface area contributed by atoms with Crippen LogP contribution in [0.25, 0.3) is 22.4 Å². The van der Waals surface area contributed by atoms with Crippen molar-refractivity contribution in [2.75, 3.05) is 11.5 Å². The van der Waals surface area contributed by atoms with Crippen LogP contribution in [0.3, 0.4) is 0 Å². The molecule has 1 aliphatic carbocycles. The number of hydrogen-bond donors (Lipinski definition) is 2. The molecule has 0 fully saturated rings. The number of nitrogens with two attached hydrogens (primary N) is 2. The van der Waals surface area contributed by atoms with Crippen LogP contribution in [-0.2, 0) is 7.05 Å². The zero-order chi connectivity index (χ0) is 12.2. The Kier molecular flexibility index (Phi) is 1.77. The first-order chi connectivity index (χ1) is 8.08. The SMILES string of the molecule is Cc1ccc2nc(N)n(C)c2c2nc(N)nc1-2. The minimum Gasteiger partial charge on any atom is -0.369 e. The Bertz CT molecular complexity index is 699. The molecule has 1 aliphatic heterocycles. The molecule has 2 heterocycles. The Morgan fingerprint density at radius 2 is 1.76 bits per heavy atom. The summed E-state index contributed by atoms with van der Waals surface area (Å²) in [6.07, 6.45) is 0. The van der Waals surface area contributed by atoms with E-state index >= 15 is 0 Å². The first-order valence-electron chi connectivity index (χ1n) is 5.22. The quantitative estimate of drug-likeness (QED) is 0.597. The van der Waals surface area contributed by atoms with E-state index in [0.29, 0.717) is 5.95 Å². The summed E-state index contributed by atoms with van der Waals surface area (Å²) < 4.78 is 1.80. The smallest absolute Gasteiger partial charge is 0.221 e. The van der Waals surface area contributed by atoms with Crippen molar-refractivity contribution in [3.05, 3.63) is 17.7 Å². The van der Waals surface area contributed by atoms with Crippen LogP contribution >= 0.6 is 0 Å². The van der Waals surface area contributed by atoms with E-state index < -0.39 is 0 Å². The Morgan fingerprint density at radius 1 is 1.06 bits per heavy atom. The maximum atomic E-state index is 5.80. The van der Waals surface area contributed by atoms with Gasteiger partial charge in [0.05, 0.1) is 16.7 Å². The fourth-order valence-electron chi connectivity index (χ4n) is 2.02. The summed E-state index contributed by atoms with van der Waals surface area (Å²) in [5.41, 5.74) is 15.7. The molecule has 6 heteroatoms. The largest absolute Gasteiger partial charge is 0.369 e. The van der Waals surface area contributed by atoms with E-state index in [0.717, 1.165) is 28.0 Å². The summed E-state index contributed by atoms with van der Waals surface area (Å²) in [5.74, 6) is 0.724. The number of nitrogen functional groups attached to an aromatic ring is 2. The van der Waals surface area contributed by atoms with Crippen LogP contribution in [-0.4, -0.2) is 19.5 Å². The van der Waals surface area contributed by atoms with Gasteiger partial charge in [-0.3, -0.25) is 0 Å². The molecule has 86 valence electrons. The van der Waals surface area contributed by atoms with Crippen LogP contribution in [0.5, 0.6) is 0 Å². The standard InChI is InChI=1S/C11H12N6/c1-5-3-4-6-9(17(2)11(13)14-6)8-7(5)15-10(12)16-8/h3-4H,1-2H3,(H2,13,14)(H2,12,15,16). The highest BCUT2D eigenvalue weighted by Gasteiger charge is 2.18. The lowest BCUT2D eigenvalue weighted by atomic mass is 10.2. The molecule has 0 atom stereocenters. The second-order valence-electron chi connectivity index (χ2n) is 4.06. The monoisotopic (exact) mass is 228 g/mol. The minimum absolute atomic E-state index is 0.273. The van der Waals surface area contributed by atoms with Gasteiger partial charge in [0, 0.05) is 7.05 Å². The van der Waals surface area contributed by atoms with Gasteiger partial charge < -0.3 is 16.0 Å². The third-order valence-corrected chi connectivity index (χ3v) is 2.92. The van der Waals surface area contributed by atoms with Gasteiger partial charge >= 0.3 is 0 Å². The van der Waals surface area contributed by atoms with Crippen molar-refractivity contribution in [2.45, 2.75) is 6.92 Å². The molecule has 0 radical (unpaired) electrons. The molecule has 0 bridgehead atoms. The number of rotatable bonds is 0. The third kappa shape index (κ3) is 1.24. The molecule has 1 aromatic heterocycles. The van der Waals surface area contributed by atoms with E-state index in [-0.39, 0.29) is 5.95 Å².